The highest BCUT2D eigenvalue weighted by atomic mass is 19.3. The van der Waals surface area contributed by atoms with E-state index < -0.39 is 6.61 Å². The number of benzene rings is 1. The molecular weight excluding hydrogens is 304 g/mol. The SMILES string of the molecule is CCCOc1ccc(CN=C(NCC)NCC)c(OC(F)F)c1. The lowest BCUT2D eigenvalue weighted by atomic mass is 10.2. The predicted molar refractivity (Wildman–Crippen MR) is 87.4 cm³/mol. The number of hydrogen-bond donors (Lipinski definition) is 2. The van der Waals surface area contributed by atoms with E-state index in [-0.39, 0.29) is 12.3 Å². The van der Waals surface area contributed by atoms with Crippen molar-refractivity contribution >= 4 is 5.96 Å². The highest BCUT2D eigenvalue weighted by molar-refractivity contribution is 5.79. The summed E-state index contributed by atoms with van der Waals surface area (Å²) in [6.07, 6.45) is 0.839. The van der Waals surface area contributed by atoms with Crippen LogP contribution >= 0.6 is 0 Å². The number of nitrogens with one attached hydrogen (secondary N) is 2. The van der Waals surface area contributed by atoms with Crippen LogP contribution in [0.3, 0.4) is 0 Å². The van der Waals surface area contributed by atoms with Crippen molar-refractivity contribution in [3.8, 4) is 11.5 Å². The molecule has 0 aliphatic carbocycles. The summed E-state index contributed by atoms with van der Waals surface area (Å²) in [5.41, 5.74) is 0.572. The van der Waals surface area contributed by atoms with Crippen LogP contribution in [0, 0.1) is 0 Å². The van der Waals surface area contributed by atoms with Gasteiger partial charge in [0.1, 0.15) is 11.5 Å². The normalized spacial score (nSPS) is 10.3. The minimum absolute atomic E-state index is 0.0877. The summed E-state index contributed by atoms with van der Waals surface area (Å²) < 4.78 is 35.2. The van der Waals surface area contributed by atoms with Crippen LogP contribution in [0.4, 0.5) is 8.78 Å². The summed E-state index contributed by atoms with van der Waals surface area (Å²) in [6.45, 7) is 5.19. The Hall–Kier alpha value is -2.05. The predicted octanol–water partition coefficient (Wildman–Crippen LogP) is 3.15. The van der Waals surface area contributed by atoms with E-state index in [2.05, 4.69) is 20.4 Å². The maximum atomic E-state index is 12.6. The molecular formula is C16H25F2N3O2. The molecule has 0 saturated heterocycles. The van der Waals surface area contributed by atoms with Crippen LogP contribution in [0.1, 0.15) is 32.8 Å². The van der Waals surface area contributed by atoms with Crippen molar-refractivity contribution in [1.29, 1.82) is 0 Å². The summed E-state index contributed by atoms with van der Waals surface area (Å²) >= 11 is 0. The van der Waals surface area contributed by atoms with Crippen LogP contribution in [0.2, 0.25) is 0 Å². The zero-order valence-electron chi connectivity index (χ0n) is 13.9. The van der Waals surface area contributed by atoms with Crippen molar-refractivity contribution in [2.75, 3.05) is 19.7 Å². The lowest BCUT2D eigenvalue weighted by Gasteiger charge is -2.13. The molecule has 0 heterocycles. The quantitative estimate of drug-likeness (QED) is 0.540. The van der Waals surface area contributed by atoms with Gasteiger partial charge in [-0.1, -0.05) is 6.92 Å². The van der Waals surface area contributed by atoms with Gasteiger partial charge in [-0.3, -0.25) is 0 Å². The molecule has 1 rings (SSSR count). The Balaban J connectivity index is 2.91. The third kappa shape index (κ3) is 7.17. The molecule has 0 atom stereocenters. The Morgan fingerprint density at radius 2 is 1.87 bits per heavy atom. The molecule has 1 aromatic rings. The molecule has 0 saturated carbocycles. The second-order valence-corrected chi connectivity index (χ2v) is 4.72. The van der Waals surface area contributed by atoms with Crippen LogP contribution in [0.5, 0.6) is 11.5 Å². The molecule has 0 fully saturated rings. The molecule has 23 heavy (non-hydrogen) atoms. The molecule has 5 nitrogen and oxygen atoms in total. The highest BCUT2D eigenvalue weighted by Crippen LogP contribution is 2.27. The largest absolute Gasteiger partial charge is 0.493 e. The summed E-state index contributed by atoms with van der Waals surface area (Å²) in [6, 6.07) is 4.91. The van der Waals surface area contributed by atoms with Crippen molar-refractivity contribution in [1.82, 2.24) is 10.6 Å². The van der Waals surface area contributed by atoms with Gasteiger partial charge in [-0.15, -0.1) is 0 Å². The fourth-order valence-electron chi connectivity index (χ4n) is 1.85. The zero-order chi connectivity index (χ0) is 17.1. The molecule has 0 radical (unpaired) electrons. The van der Waals surface area contributed by atoms with Gasteiger partial charge in [0.15, 0.2) is 5.96 Å². The van der Waals surface area contributed by atoms with Crippen molar-refractivity contribution in [2.45, 2.75) is 40.3 Å². The topological polar surface area (TPSA) is 54.9 Å². The van der Waals surface area contributed by atoms with E-state index in [1.54, 1.807) is 12.1 Å². The zero-order valence-corrected chi connectivity index (χ0v) is 13.9. The first kappa shape index (κ1) is 19.0. The number of halogens is 2. The van der Waals surface area contributed by atoms with E-state index in [0.717, 1.165) is 19.5 Å². The molecule has 0 bridgehead atoms. The molecule has 0 amide bonds. The van der Waals surface area contributed by atoms with Gasteiger partial charge in [-0.05, 0) is 32.4 Å². The first-order valence-corrected chi connectivity index (χ1v) is 7.83. The molecule has 130 valence electrons. The first-order valence-electron chi connectivity index (χ1n) is 7.83. The van der Waals surface area contributed by atoms with E-state index in [0.29, 0.717) is 23.9 Å². The Bertz CT molecular complexity index is 488. The van der Waals surface area contributed by atoms with Gasteiger partial charge in [-0.25, -0.2) is 4.99 Å². The maximum absolute atomic E-state index is 12.6. The van der Waals surface area contributed by atoms with Crippen LogP contribution in [-0.2, 0) is 6.54 Å². The van der Waals surface area contributed by atoms with E-state index in [1.807, 2.05) is 20.8 Å². The van der Waals surface area contributed by atoms with Gasteiger partial charge in [0, 0.05) is 24.7 Å². The second kappa shape index (κ2) is 10.6. The van der Waals surface area contributed by atoms with Crippen LogP contribution in [0.25, 0.3) is 0 Å². The van der Waals surface area contributed by atoms with E-state index in [9.17, 15) is 8.78 Å². The van der Waals surface area contributed by atoms with Crippen molar-refractivity contribution in [3.05, 3.63) is 23.8 Å². The number of hydrogen-bond acceptors (Lipinski definition) is 3. The molecule has 0 unspecified atom stereocenters. The summed E-state index contributed by atoms with van der Waals surface area (Å²) in [7, 11) is 0. The van der Waals surface area contributed by atoms with Crippen molar-refractivity contribution in [2.24, 2.45) is 4.99 Å². The second-order valence-electron chi connectivity index (χ2n) is 4.72. The third-order valence-electron chi connectivity index (χ3n) is 2.82. The van der Waals surface area contributed by atoms with Gasteiger partial charge in [0.25, 0.3) is 0 Å². The highest BCUT2D eigenvalue weighted by Gasteiger charge is 2.11. The van der Waals surface area contributed by atoms with Gasteiger partial charge >= 0.3 is 6.61 Å². The Labute approximate surface area is 136 Å². The molecule has 1 aromatic carbocycles. The minimum atomic E-state index is -2.89. The smallest absolute Gasteiger partial charge is 0.387 e. The number of nitrogens with zero attached hydrogens (tertiary/aromatic N) is 1. The number of ether oxygens (including phenoxy) is 2. The van der Waals surface area contributed by atoms with Crippen LogP contribution in [0.15, 0.2) is 23.2 Å². The van der Waals surface area contributed by atoms with Gasteiger partial charge in [-0.2, -0.15) is 8.78 Å². The number of rotatable bonds is 9. The molecule has 0 aromatic heterocycles. The van der Waals surface area contributed by atoms with E-state index in [1.165, 1.54) is 6.07 Å². The summed E-state index contributed by atoms with van der Waals surface area (Å²) in [5, 5.41) is 6.16. The third-order valence-corrected chi connectivity index (χ3v) is 2.82. The fraction of sp³-hybridized carbons (Fsp3) is 0.562. The number of guanidine groups is 1. The summed E-state index contributed by atoms with van der Waals surface area (Å²) in [4.78, 5) is 4.36. The average molecular weight is 329 g/mol. The number of aliphatic imine (C=N–C) groups is 1. The molecule has 2 N–H and O–H groups in total. The molecule has 0 aliphatic heterocycles. The van der Waals surface area contributed by atoms with Gasteiger partial charge in [0.2, 0.25) is 0 Å². The van der Waals surface area contributed by atoms with Crippen LogP contribution < -0.4 is 20.1 Å². The number of alkyl halides is 2. The van der Waals surface area contributed by atoms with Crippen molar-refractivity contribution in [3.63, 3.8) is 0 Å². The van der Waals surface area contributed by atoms with Crippen LogP contribution in [-0.4, -0.2) is 32.3 Å². The maximum Gasteiger partial charge on any atom is 0.387 e. The Kier molecular flexibility index (Phi) is 8.79. The van der Waals surface area contributed by atoms with Gasteiger partial charge in [0.05, 0.1) is 13.2 Å². The summed E-state index contributed by atoms with van der Waals surface area (Å²) in [5.74, 6) is 1.22. The molecule has 0 spiro atoms. The standard InChI is InChI=1S/C16H25F2N3O2/c1-4-9-22-13-8-7-12(14(10-13)23-15(17)18)11-21-16(19-5-2)20-6-3/h7-8,10,15H,4-6,9,11H2,1-3H3,(H2,19,20,21). The lowest BCUT2D eigenvalue weighted by molar-refractivity contribution is -0.0505. The fourth-order valence-corrected chi connectivity index (χ4v) is 1.85. The Morgan fingerprint density at radius 3 is 2.43 bits per heavy atom. The molecule has 7 heteroatoms. The average Bonchev–Trinajstić information content (AvgIpc) is 2.51. The van der Waals surface area contributed by atoms with E-state index in [4.69, 9.17) is 4.74 Å². The van der Waals surface area contributed by atoms with Gasteiger partial charge < -0.3 is 20.1 Å². The van der Waals surface area contributed by atoms with Crippen molar-refractivity contribution < 1.29 is 18.3 Å². The minimum Gasteiger partial charge on any atom is -0.493 e. The lowest BCUT2D eigenvalue weighted by Crippen LogP contribution is -2.36. The Morgan fingerprint density at radius 1 is 1.17 bits per heavy atom. The van der Waals surface area contributed by atoms with E-state index >= 15 is 0 Å². The monoisotopic (exact) mass is 329 g/mol. The molecule has 0 aliphatic rings. The first-order chi connectivity index (χ1) is 11.1.